The van der Waals surface area contributed by atoms with Gasteiger partial charge < -0.3 is 4.57 Å². The van der Waals surface area contributed by atoms with Crippen molar-refractivity contribution < 1.29 is 4.79 Å². The Morgan fingerprint density at radius 3 is 2.53 bits per heavy atom. The maximum atomic E-state index is 12.3. The Balaban J connectivity index is 2.18. The van der Waals surface area contributed by atoms with Gasteiger partial charge in [-0.2, -0.15) is 0 Å². The fourth-order valence-electron chi connectivity index (χ4n) is 2.33. The molecule has 1 aromatic carbocycles. The monoisotopic (exact) mass is 256 g/mol. The van der Waals surface area contributed by atoms with Crippen LogP contribution in [0.25, 0.3) is 0 Å². The van der Waals surface area contributed by atoms with E-state index in [0.717, 1.165) is 35.5 Å². The first-order valence-electron chi connectivity index (χ1n) is 6.71. The van der Waals surface area contributed by atoms with Gasteiger partial charge in [-0.05, 0) is 32.4 Å². The highest BCUT2D eigenvalue weighted by Gasteiger charge is 2.11. The molecule has 0 saturated carbocycles. The summed E-state index contributed by atoms with van der Waals surface area (Å²) in [4.78, 5) is 16.6. The summed E-state index contributed by atoms with van der Waals surface area (Å²) in [7, 11) is 0. The lowest BCUT2D eigenvalue weighted by atomic mass is 10.0. The molecular weight excluding hydrogens is 236 g/mol. The summed E-state index contributed by atoms with van der Waals surface area (Å²) in [6.45, 7) is 7.06. The van der Waals surface area contributed by atoms with E-state index in [2.05, 4.69) is 22.5 Å². The summed E-state index contributed by atoms with van der Waals surface area (Å²) in [5.74, 6) is 0.987. The summed E-state index contributed by atoms with van der Waals surface area (Å²) in [6.07, 6.45) is 5.12. The van der Waals surface area contributed by atoms with E-state index in [0.29, 0.717) is 6.42 Å². The van der Waals surface area contributed by atoms with Gasteiger partial charge in [-0.15, -0.1) is 0 Å². The molecule has 0 bridgehead atoms. The zero-order chi connectivity index (χ0) is 13.8. The van der Waals surface area contributed by atoms with Crippen molar-refractivity contribution in [3.8, 4) is 0 Å². The predicted octanol–water partition coefficient (Wildman–Crippen LogP) is 3.34. The minimum atomic E-state index is 0.135. The van der Waals surface area contributed by atoms with Crippen LogP contribution in [0.4, 0.5) is 0 Å². The minimum absolute atomic E-state index is 0.135. The Labute approximate surface area is 114 Å². The maximum absolute atomic E-state index is 12.3. The SMILES string of the molecule is CCCn1ccnc1CC(=O)c1cc(C)cc(C)c1. The number of carbonyl (C=O) groups is 1. The molecule has 0 N–H and O–H groups in total. The number of hydrogen-bond acceptors (Lipinski definition) is 2. The van der Waals surface area contributed by atoms with Gasteiger partial charge in [-0.3, -0.25) is 4.79 Å². The van der Waals surface area contributed by atoms with Gasteiger partial charge in [-0.25, -0.2) is 4.98 Å². The summed E-state index contributed by atoms with van der Waals surface area (Å²) in [5.41, 5.74) is 3.03. The zero-order valence-electron chi connectivity index (χ0n) is 11.8. The molecule has 0 fully saturated rings. The molecule has 2 rings (SSSR count). The second-order valence-corrected chi connectivity index (χ2v) is 5.01. The molecule has 0 unspecified atom stereocenters. The van der Waals surface area contributed by atoms with Crippen LogP contribution in [0.15, 0.2) is 30.6 Å². The van der Waals surface area contributed by atoms with Gasteiger partial charge in [0.15, 0.2) is 5.78 Å². The smallest absolute Gasteiger partial charge is 0.170 e. The van der Waals surface area contributed by atoms with Crippen molar-refractivity contribution in [2.75, 3.05) is 0 Å². The van der Waals surface area contributed by atoms with E-state index in [4.69, 9.17) is 0 Å². The average Bonchev–Trinajstić information content (AvgIpc) is 2.76. The van der Waals surface area contributed by atoms with Gasteiger partial charge in [0.2, 0.25) is 0 Å². The molecule has 3 heteroatoms. The van der Waals surface area contributed by atoms with E-state index in [1.807, 2.05) is 32.2 Å². The number of imidazole rings is 1. The van der Waals surface area contributed by atoms with Crippen LogP contribution >= 0.6 is 0 Å². The molecule has 19 heavy (non-hydrogen) atoms. The third-order valence-electron chi connectivity index (χ3n) is 3.13. The third-order valence-corrected chi connectivity index (χ3v) is 3.13. The molecule has 0 amide bonds. The van der Waals surface area contributed by atoms with E-state index in [-0.39, 0.29) is 5.78 Å². The maximum Gasteiger partial charge on any atom is 0.170 e. The van der Waals surface area contributed by atoms with E-state index >= 15 is 0 Å². The summed E-state index contributed by atoms with van der Waals surface area (Å²) >= 11 is 0. The molecule has 0 spiro atoms. The van der Waals surface area contributed by atoms with Crippen molar-refractivity contribution in [3.63, 3.8) is 0 Å². The Bertz CT molecular complexity index is 564. The highest BCUT2D eigenvalue weighted by atomic mass is 16.1. The van der Waals surface area contributed by atoms with Crippen LogP contribution in [0.5, 0.6) is 0 Å². The number of Topliss-reactive ketones (excluding diaryl/α,β-unsaturated/α-hetero) is 1. The number of benzene rings is 1. The molecule has 1 heterocycles. The first-order valence-corrected chi connectivity index (χ1v) is 6.71. The molecule has 2 aromatic rings. The molecule has 100 valence electrons. The summed E-state index contributed by atoms with van der Waals surface area (Å²) in [6, 6.07) is 5.97. The number of hydrogen-bond donors (Lipinski definition) is 0. The molecule has 3 nitrogen and oxygen atoms in total. The van der Waals surface area contributed by atoms with Crippen LogP contribution in [0.2, 0.25) is 0 Å². The first-order chi connectivity index (χ1) is 9.10. The van der Waals surface area contributed by atoms with Crippen LogP contribution in [0.1, 0.15) is 40.7 Å². The number of rotatable bonds is 5. The number of carbonyl (C=O) groups excluding carboxylic acids is 1. The Morgan fingerprint density at radius 1 is 1.21 bits per heavy atom. The van der Waals surface area contributed by atoms with Gasteiger partial charge in [0.25, 0.3) is 0 Å². The lowest BCUT2D eigenvalue weighted by Gasteiger charge is -2.07. The van der Waals surface area contributed by atoms with Gasteiger partial charge >= 0.3 is 0 Å². The third kappa shape index (κ3) is 3.31. The number of aromatic nitrogens is 2. The largest absolute Gasteiger partial charge is 0.335 e. The molecule has 0 saturated heterocycles. The van der Waals surface area contributed by atoms with Crippen molar-refractivity contribution in [1.29, 1.82) is 0 Å². The van der Waals surface area contributed by atoms with Crippen molar-refractivity contribution in [2.45, 2.75) is 40.2 Å². The van der Waals surface area contributed by atoms with Crippen LogP contribution in [0, 0.1) is 13.8 Å². The normalized spacial score (nSPS) is 10.7. The van der Waals surface area contributed by atoms with E-state index < -0.39 is 0 Å². The lowest BCUT2D eigenvalue weighted by molar-refractivity contribution is 0.0989. The second-order valence-electron chi connectivity index (χ2n) is 5.01. The molecule has 0 radical (unpaired) electrons. The van der Waals surface area contributed by atoms with E-state index in [1.54, 1.807) is 6.20 Å². The van der Waals surface area contributed by atoms with Gasteiger partial charge in [0.05, 0.1) is 6.42 Å². The number of nitrogens with zero attached hydrogens (tertiary/aromatic N) is 2. The van der Waals surface area contributed by atoms with Crippen LogP contribution in [-0.4, -0.2) is 15.3 Å². The van der Waals surface area contributed by atoms with Crippen LogP contribution in [-0.2, 0) is 13.0 Å². The Kier molecular flexibility index (Phi) is 4.15. The Morgan fingerprint density at radius 2 is 1.89 bits per heavy atom. The van der Waals surface area contributed by atoms with Crippen molar-refractivity contribution >= 4 is 5.78 Å². The molecular formula is C16H20N2O. The lowest BCUT2D eigenvalue weighted by Crippen LogP contribution is -2.10. The van der Waals surface area contributed by atoms with Crippen molar-refractivity contribution in [1.82, 2.24) is 9.55 Å². The second kappa shape index (κ2) is 5.83. The predicted molar refractivity (Wildman–Crippen MR) is 76.5 cm³/mol. The molecule has 0 atom stereocenters. The standard InChI is InChI=1S/C16H20N2O/c1-4-6-18-7-5-17-16(18)11-15(19)14-9-12(2)8-13(3)10-14/h5,7-10H,4,6,11H2,1-3H3. The summed E-state index contributed by atoms with van der Waals surface area (Å²) < 4.78 is 2.06. The number of ketones is 1. The van der Waals surface area contributed by atoms with E-state index in [9.17, 15) is 4.79 Å². The van der Waals surface area contributed by atoms with E-state index in [1.165, 1.54) is 0 Å². The van der Waals surface area contributed by atoms with Crippen molar-refractivity contribution in [3.05, 3.63) is 53.1 Å². The van der Waals surface area contributed by atoms with Crippen LogP contribution in [0.3, 0.4) is 0 Å². The molecule has 0 aliphatic heterocycles. The zero-order valence-corrected chi connectivity index (χ0v) is 11.8. The quantitative estimate of drug-likeness (QED) is 0.769. The molecule has 1 aromatic heterocycles. The topological polar surface area (TPSA) is 34.9 Å². The van der Waals surface area contributed by atoms with Gasteiger partial charge in [0, 0.05) is 24.5 Å². The number of aryl methyl sites for hydroxylation is 3. The van der Waals surface area contributed by atoms with Crippen LogP contribution < -0.4 is 0 Å². The van der Waals surface area contributed by atoms with Crippen molar-refractivity contribution in [2.24, 2.45) is 0 Å². The minimum Gasteiger partial charge on any atom is -0.335 e. The molecule has 0 aliphatic carbocycles. The Hall–Kier alpha value is -1.90. The fraction of sp³-hybridized carbons (Fsp3) is 0.375. The average molecular weight is 256 g/mol. The molecule has 0 aliphatic rings. The first kappa shape index (κ1) is 13.5. The highest BCUT2D eigenvalue weighted by molar-refractivity contribution is 5.97. The van der Waals surface area contributed by atoms with Gasteiger partial charge in [0.1, 0.15) is 5.82 Å². The van der Waals surface area contributed by atoms with Gasteiger partial charge in [-0.1, -0.05) is 24.1 Å². The summed E-state index contributed by atoms with van der Waals surface area (Å²) in [5, 5.41) is 0. The highest BCUT2D eigenvalue weighted by Crippen LogP contribution is 2.12. The fourth-order valence-corrected chi connectivity index (χ4v) is 2.33.